The van der Waals surface area contributed by atoms with Crippen LogP contribution in [-0.2, 0) is 0 Å². The predicted molar refractivity (Wildman–Crippen MR) is 67.8 cm³/mol. The van der Waals surface area contributed by atoms with Gasteiger partial charge in [0.05, 0.1) is 7.11 Å². The molecule has 1 aliphatic heterocycles. The van der Waals surface area contributed by atoms with Gasteiger partial charge in [-0.15, -0.1) is 0 Å². The highest BCUT2D eigenvalue weighted by Crippen LogP contribution is 2.26. The van der Waals surface area contributed by atoms with E-state index < -0.39 is 0 Å². The molecular formula is C13H18N2O3. The maximum atomic E-state index is 11.9. The van der Waals surface area contributed by atoms with Crippen LogP contribution in [0.25, 0.3) is 0 Å². The van der Waals surface area contributed by atoms with Crippen LogP contribution in [0, 0.1) is 0 Å². The number of para-hydroxylation sites is 2. The second-order valence-electron chi connectivity index (χ2n) is 4.34. The van der Waals surface area contributed by atoms with Crippen LogP contribution in [0.1, 0.15) is 12.8 Å². The van der Waals surface area contributed by atoms with Crippen LogP contribution in [0.2, 0.25) is 0 Å². The average molecular weight is 250 g/mol. The first-order valence-electron chi connectivity index (χ1n) is 6.06. The number of nitrogens with two attached hydrogens (primary N) is 1. The Balaban J connectivity index is 1.98. The van der Waals surface area contributed by atoms with Crippen LogP contribution >= 0.6 is 0 Å². The predicted octanol–water partition coefficient (Wildman–Crippen LogP) is 1.62. The van der Waals surface area contributed by atoms with Gasteiger partial charge in [-0.3, -0.25) is 0 Å². The number of carbonyl (C=O) groups is 1. The SMILES string of the molecule is COc1ccccc1OC(=O)N1CCC(N)CC1. The van der Waals surface area contributed by atoms with Crippen molar-refractivity contribution in [2.45, 2.75) is 18.9 Å². The van der Waals surface area contributed by atoms with Crippen LogP contribution in [0.3, 0.4) is 0 Å². The summed E-state index contributed by atoms with van der Waals surface area (Å²) < 4.78 is 10.5. The zero-order chi connectivity index (χ0) is 13.0. The fourth-order valence-electron chi connectivity index (χ4n) is 1.94. The summed E-state index contributed by atoms with van der Waals surface area (Å²) in [6.07, 6.45) is 1.30. The van der Waals surface area contributed by atoms with E-state index in [9.17, 15) is 4.79 Å². The topological polar surface area (TPSA) is 64.8 Å². The highest BCUT2D eigenvalue weighted by atomic mass is 16.6. The molecule has 5 nitrogen and oxygen atoms in total. The second kappa shape index (κ2) is 5.73. The van der Waals surface area contributed by atoms with Crippen LogP contribution in [-0.4, -0.2) is 37.2 Å². The van der Waals surface area contributed by atoms with Crippen LogP contribution in [0.15, 0.2) is 24.3 Å². The van der Waals surface area contributed by atoms with E-state index in [0.717, 1.165) is 12.8 Å². The summed E-state index contributed by atoms with van der Waals surface area (Å²) in [5.41, 5.74) is 5.80. The Hall–Kier alpha value is -1.75. The van der Waals surface area contributed by atoms with Gasteiger partial charge in [0.15, 0.2) is 11.5 Å². The third kappa shape index (κ3) is 2.92. The number of piperidine rings is 1. The minimum atomic E-state index is -0.341. The lowest BCUT2D eigenvalue weighted by molar-refractivity contribution is 0.138. The molecule has 1 aromatic rings. The molecule has 18 heavy (non-hydrogen) atoms. The largest absolute Gasteiger partial charge is 0.493 e. The first kappa shape index (κ1) is 12.7. The van der Waals surface area contributed by atoms with Gasteiger partial charge >= 0.3 is 6.09 Å². The maximum Gasteiger partial charge on any atom is 0.415 e. The lowest BCUT2D eigenvalue weighted by atomic mass is 10.1. The number of amides is 1. The van der Waals surface area contributed by atoms with E-state index in [4.69, 9.17) is 15.2 Å². The lowest BCUT2D eigenvalue weighted by Crippen LogP contribution is -2.44. The van der Waals surface area contributed by atoms with E-state index >= 15 is 0 Å². The van der Waals surface area contributed by atoms with Gasteiger partial charge in [-0.05, 0) is 25.0 Å². The quantitative estimate of drug-likeness (QED) is 0.866. The van der Waals surface area contributed by atoms with Gasteiger partial charge in [-0.25, -0.2) is 4.79 Å². The van der Waals surface area contributed by atoms with Crippen molar-refractivity contribution >= 4 is 6.09 Å². The van der Waals surface area contributed by atoms with Crippen molar-refractivity contribution in [3.8, 4) is 11.5 Å². The maximum absolute atomic E-state index is 11.9. The minimum Gasteiger partial charge on any atom is -0.493 e. The highest BCUT2D eigenvalue weighted by molar-refractivity contribution is 5.71. The second-order valence-corrected chi connectivity index (χ2v) is 4.34. The zero-order valence-corrected chi connectivity index (χ0v) is 10.5. The van der Waals surface area contributed by atoms with Crippen molar-refractivity contribution in [1.29, 1.82) is 0 Å². The van der Waals surface area contributed by atoms with Crippen molar-refractivity contribution in [3.63, 3.8) is 0 Å². The van der Waals surface area contributed by atoms with Crippen LogP contribution < -0.4 is 15.2 Å². The smallest absolute Gasteiger partial charge is 0.415 e. The normalized spacial score (nSPS) is 16.4. The van der Waals surface area contributed by atoms with E-state index in [1.54, 1.807) is 30.2 Å². The highest BCUT2D eigenvalue weighted by Gasteiger charge is 2.22. The minimum absolute atomic E-state index is 0.195. The Labute approximate surface area is 106 Å². The first-order valence-corrected chi connectivity index (χ1v) is 6.06. The summed E-state index contributed by atoms with van der Waals surface area (Å²) >= 11 is 0. The van der Waals surface area contributed by atoms with Gasteiger partial charge in [0, 0.05) is 19.1 Å². The molecule has 1 amide bonds. The van der Waals surface area contributed by atoms with Crippen molar-refractivity contribution < 1.29 is 14.3 Å². The van der Waals surface area contributed by atoms with Gasteiger partial charge in [-0.2, -0.15) is 0 Å². The average Bonchev–Trinajstić information content (AvgIpc) is 2.40. The number of rotatable bonds is 2. The van der Waals surface area contributed by atoms with E-state index in [1.165, 1.54) is 0 Å². The van der Waals surface area contributed by atoms with E-state index in [2.05, 4.69) is 0 Å². The van der Waals surface area contributed by atoms with Crippen molar-refractivity contribution in [2.24, 2.45) is 5.73 Å². The number of ether oxygens (including phenoxy) is 2. The van der Waals surface area contributed by atoms with Gasteiger partial charge in [0.25, 0.3) is 0 Å². The molecule has 0 unspecified atom stereocenters. The van der Waals surface area contributed by atoms with Crippen LogP contribution in [0.5, 0.6) is 11.5 Å². The number of carbonyl (C=O) groups excluding carboxylic acids is 1. The number of hydrogen-bond acceptors (Lipinski definition) is 4. The Bertz CT molecular complexity index is 414. The molecule has 1 heterocycles. The lowest BCUT2D eigenvalue weighted by Gasteiger charge is -2.29. The summed E-state index contributed by atoms with van der Waals surface area (Å²) in [6.45, 7) is 1.30. The molecule has 1 aromatic carbocycles. The number of likely N-dealkylation sites (tertiary alicyclic amines) is 1. The van der Waals surface area contributed by atoms with Gasteiger partial charge in [0.1, 0.15) is 0 Å². The summed E-state index contributed by atoms with van der Waals surface area (Å²) in [7, 11) is 1.55. The van der Waals surface area contributed by atoms with Crippen molar-refractivity contribution in [3.05, 3.63) is 24.3 Å². The number of hydrogen-bond donors (Lipinski definition) is 1. The Kier molecular flexibility index (Phi) is 4.04. The zero-order valence-electron chi connectivity index (χ0n) is 10.5. The molecule has 1 fully saturated rings. The molecule has 1 saturated heterocycles. The number of methoxy groups -OCH3 is 1. The molecule has 2 rings (SSSR count). The summed E-state index contributed by atoms with van der Waals surface area (Å²) in [5, 5.41) is 0. The van der Waals surface area contributed by atoms with E-state index in [-0.39, 0.29) is 12.1 Å². The Morgan fingerprint density at radius 1 is 1.28 bits per heavy atom. The third-order valence-corrected chi connectivity index (χ3v) is 3.06. The molecule has 0 aliphatic carbocycles. The Morgan fingerprint density at radius 2 is 1.89 bits per heavy atom. The monoisotopic (exact) mass is 250 g/mol. The van der Waals surface area contributed by atoms with Gasteiger partial charge in [-0.1, -0.05) is 12.1 Å². The van der Waals surface area contributed by atoms with E-state index in [0.29, 0.717) is 24.6 Å². The van der Waals surface area contributed by atoms with Gasteiger partial charge in [0.2, 0.25) is 0 Å². The van der Waals surface area contributed by atoms with Crippen molar-refractivity contribution in [1.82, 2.24) is 4.90 Å². The molecule has 0 saturated carbocycles. The number of benzene rings is 1. The standard InChI is InChI=1S/C13H18N2O3/c1-17-11-4-2-3-5-12(11)18-13(16)15-8-6-10(14)7-9-15/h2-5,10H,6-9,14H2,1H3. The summed E-state index contributed by atoms with van der Waals surface area (Å²) in [5.74, 6) is 0.999. The van der Waals surface area contributed by atoms with E-state index in [1.807, 2.05) is 6.07 Å². The van der Waals surface area contributed by atoms with Crippen LogP contribution in [0.4, 0.5) is 4.79 Å². The summed E-state index contributed by atoms with van der Waals surface area (Å²) in [4.78, 5) is 13.6. The third-order valence-electron chi connectivity index (χ3n) is 3.06. The molecule has 0 aromatic heterocycles. The fourth-order valence-corrected chi connectivity index (χ4v) is 1.94. The summed E-state index contributed by atoms with van der Waals surface area (Å²) in [6, 6.07) is 7.30. The molecule has 5 heteroatoms. The Morgan fingerprint density at radius 3 is 2.50 bits per heavy atom. The number of nitrogens with zero attached hydrogens (tertiary/aromatic N) is 1. The molecule has 0 atom stereocenters. The molecule has 2 N–H and O–H groups in total. The molecule has 1 aliphatic rings. The van der Waals surface area contributed by atoms with Gasteiger partial charge < -0.3 is 20.1 Å². The molecule has 0 spiro atoms. The molecular weight excluding hydrogens is 232 g/mol. The molecule has 0 bridgehead atoms. The van der Waals surface area contributed by atoms with Crippen molar-refractivity contribution in [2.75, 3.05) is 20.2 Å². The fraction of sp³-hybridized carbons (Fsp3) is 0.462. The molecule has 98 valence electrons. The molecule has 0 radical (unpaired) electrons. The first-order chi connectivity index (χ1) is 8.70.